The molecule has 3 aromatic rings. The molecule has 172 valence electrons. The van der Waals surface area contributed by atoms with Crippen LogP contribution in [0, 0.1) is 0 Å². The van der Waals surface area contributed by atoms with Crippen molar-refractivity contribution in [2.75, 3.05) is 6.61 Å². The SMILES string of the molecule is CCOC(=O)c1cnc(-c2c(C(=O)C3=CC=C(Br)CC3)cccc2C(=O)c2ccc(Br)cc2)s1. The van der Waals surface area contributed by atoms with Crippen molar-refractivity contribution in [2.24, 2.45) is 0 Å². The smallest absolute Gasteiger partial charge is 0.349 e. The number of halogens is 2. The molecule has 1 aromatic heterocycles. The summed E-state index contributed by atoms with van der Waals surface area (Å²) in [7, 11) is 0. The molecule has 0 N–H and O–H groups in total. The minimum absolute atomic E-state index is 0.162. The van der Waals surface area contributed by atoms with Gasteiger partial charge in [0.15, 0.2) is 11.6 Å². The van der Waals surface area contributed by atoms with Gasteiger partial charge in [-0.15, -0.1) is 11.3 Å². The van der Waals surface area contributed by atoms with Crippen LogP contribution in [0.1, 0.15) is 55.7 Å². The maximum atomic E-state index is 13.6. The van der Waals surface area contributed by atoms with Gasteiger partial charge in [0.25, 0.3) is 0 Å². The standard InChI is InChI=1S/C26H19Br2NO4S/c1-2-33-26(32)21-14-29-25(34-21)22-19(23(30)15-6-10-17(27)11-7-15)4-3-5-20(22)24(31)16-8-12-18(28)13-9-16/h3-8,10-12,14H,2,9,13H2,1H3. The van der Waals surface area contributed by atoms with Crippen LogP contribution in [0.2, 0.25) is 0 Å². The lowest BCUT2D eigenvalue weighted by Crippen LogP contribution is -2.11. The van der Waals surface area contributed by atoms with Gasteiger partial charge in [0, 0.05) is 32.3 Å². The fraction of sp³-hybridized carbons (Fsp3) is 0.154. The zero-order valence-electron chi connectivity index (χ0n) is 18.1. The van der Waals surface area contributed by atoms with Crippen molar-refractivity contribution in [3.63, 3.8) is 0 Å². The van der Waals surface area contributed by atoms with E-state index >= 15 is 0 Å². The average molecular weight is 601 g/mol. The van der Waals surface area contributed by atoms with Crippen LogP contribution in [0.4, 0.5) is 0 Å². The van der Waals surface area contributed by atoms with Gasteiger partial charge in [0.1, 0.15) is 9.88 Å². The van der Waals surface area contributed by atoms with E-state index in [-0.39, 0.29) is 18.2 Å². The van der Waals surface area contributed by atoms with E-state index in [2.05, 4.69) is 36.8 Å². The Morgan fingerprint density at radius 2 is 1.68 bits per heavy atom. The van der Waals surface area contributed by atoms with Gasteiger partial charge in [-0.3, -0.25) is 9.59 Å². The summed E-state index contributed by atoms with van der Waals surface area (Å²) in [5, 5.41) is 0.417. The number of thiazole rings is 1. The number of hydrogen-bond donors (Lipinski definition) is 0. The molecule has 1 aliphatic carbocycles. The quantitative estimate of drug-likeness (QED) is 0.212. The Morgan fingerprint density at radius 3 is 2.32 bits per heavy atom. The van der Waals surface area contributed by atoms with E-state index in [0.29, 0.717) is 44.1 Å². The van der Waals surface area contributed by atoms with E-state index in [4.69, 9.17) is 4.74 Å². The predicted octanol–water partition coefficient (Wildman–Crippen LogP) is 7.16. The monoisotopic (exact) mass is 599 g/mol. The van der Waals surface area contributed by atoms with E-state index in [1.807, 2.05) is 6.08 Å². The molecular formula is C26H19Br2NO4S. The molecule has 0 bridgehead atoms. The van der Waals surface area contributed by atoms with Crippen LogP contribution in [0.3, 0.4) is 0 Å². The molecule has 34 heavy (non-hydrogen) atoms. The Hall–Kier alpha value is -2.68. The number of Topliss-reactive ketones (excluding diaryl/α,β-unsaturated/α-hetero) is 1. The van der Waals surface area contributed by atoms with Crippen molar-refractivity contribution in [2.45, 2.75) is 19.8 Å². The van der Waals surface area contributed by atoms with Crippen LogP contribution in [0.25, 0.3) is 10.6 Å². The maximum absolute atomic E-state index is 13.6. The third kappa shape index (κ3) is 5.19. The molecule has 8 heteroatoms. The van der Waals surface area contributed by atoms with Crippen molar-refractivity contribution in [1.82, 2.24) is 4.98 Å². The number of ketones is 2. The average Bonchev–Trinajstić information content (AvgIpc) is 3.34. The van der Waals surface area contributed by atoms with Gasteiger partial charge in [-0.2, -0.15) is 0 Å². The number of aromatic nitrogens is 1. The summed E-state index contributed by atoms with van der Waals surface area (Å²) in [6.07, 6.45) is 6.41. The van der Waals surface area contributed by atoms with Crippen LogP contribution in [0.15, 0.2) is 75.3 Å². The number of benzene rings is 2. The highest BCUT2D eigenvalue weighted by Crippen LogP contribution is 2.36. The molecule has 0 aliphatic heterocycles. The maximum Gasteiger partial charge on any atom is 0.349 e. The number of esters is 1. The molecule has 0 saturated carbocycles. The van der Waals surface area contributed by atoms with Crippen molar-refractivity contribution < 1.29 is 19.1 Å². The first kappa shape index (κ1) is 24.4. The Labute approximate surface area is 217 Å². The summed E-state index contributed by atoms with van der Waals surface area (Å²) in [5.41, 5.74) is 2.30. The van der Waals surface area contributed by atoms with Crippen LogP contribution >= 0.6 is 43.2 Å². The molecule has 2 aromatic carbocycles. The van der Waals surface area contributed by atoms with Gasteiger partial charge in [-0.1, -0.05) is 62.2 Å². The number of allylic oxidation sites excluding steroid dienone is 4. The van der Waals surface area contributed by atoms with E-state index in [1.165, 1.54) is 6.20 Å². The first-order valence-electron chi connectivity index (χ1n) is 10.6. The third-order valence-electron chi connectivity index (χ3n) is 5.25. The van der Waals surface area contributed by atoms with Gasteiger partial charge in [0.05, 0.1) is 12.8 Å². The van der Waals surface area contributed by atoms with Crippen molar-refractivity contribution in [3.8, 4) is 10.6 Å². The van der Waals surface area contributed by atoms with Gasteiger partial charge < -0.3 is 4.74 Å². The second kappa shape index (κ2) is 10.7. The second-order valence-electron chi connectivity index (χ2n) is 7.45. The molecule has 0 spiro atoms. The van der Waals surface area contributed by atoms with Crippen LogP contribution in [-0.4, -0.2) is 29.1 Å². The minimum atomic E-state index is -0.485. The summed E-state index contributed by atoms with van der Waals surface area (Å²) in [5.74, 6) is -0.879. The Kier molecular flexibility index (Phi) is 7.70. The van der Waals surface area contributed by atoms with Gasteiger partial charge >= 0.3 is 5.97 Å². The normalized spacial score (nSPS) is 13.1. The number of rotatable bonds is 7. The zero-order valence-corrected chi connectivity index (χ0v) is 22.1. The molecule has 0 unspecified atom stereocenters. The van der Waals surface area contributed by atoms with E-state index in [0.717, 1.165) is 26.7 Å². The molecule has 1 aliphatic rings. The van der Waals surface area contributed by atoms with Crippen LogP contribution in [0.5, 0.6) is 0 Å². The summed E-state index contributed by atoms with van der Waals surface area (Å²) >= 11 is 7.96. The lowest BCUT2D eigenvalue weighted by Gasteiger charge is -2.15. The van der Waals surface area contributed by atoms with Gasteiger partial charge in [0.2, 0.25) is 0 Å². The first-order chi connectivity index (χ1) is 16.4. The number of ether oxygens (including phenoxy) is 1. The van der Waals surface area contributed by atoms with Gasteiger partial charge in [-0.25, -0.2) is 9.78 Å². The molecule has 0 fully saturated rings. The molecule has 4 rings (SSSR count). The topological polar surface area (TPSA) is 73.3 Å². The van der Waals surface area contributed by atoms with Crippen LogP contribution in [-0.2, 0) is 4.74 Å². The molecule has 0 amide bonds. The highest BCUT2D eigenvalue weighted by molar-refractivity contribution is 9.11. The third-order valence-corrected chi connectivity index (χ3v) is 7.43. The zero-order chi connectivity index (χ0) is 24.2. The van der Waals surface area contributed by atoms with E-state index in [1.54, 1.807) is 55.5 Å². The summed E-state index contributed by atoms with van der Waals surface area (Å²) in [6.45, 7) is 1.97. The molecule has 0 saturated heterocycles. The first-order valence-corrected chi connectivity index (χ1v) is 13.0. The highest BCUT2D eigenvalue weighted by Gasteiger charge is 2.26. The Balaban J connectivity index is 1.86. The van der Waals surface area contributed by atoms with Crippen LogP contribution < -0.4 is 0 Å². The minimum Gasteiger partial charge on any atom is -0.462 e. The molecule has 5 nitrogen and oxygen atoms in total. The summed E-state index contributed by atoms with van der Waals surface area (Å²) in [6, 6.07) is 12.1. The van der Waals surface area contributed by atoms with Crippen molar-refractivity contribution >= 4 is 60.7 Å². The highest BCUT2D eigenvalue weighted by atomic mass is 79.9. The van der Waals surface area contributed by atoms with Crippen molar-refractivity contribution in [1.29, 1.82) is 0 Å². The molecular weight excluding hydrogens is 582 g/mol. The fourth-order valence-corrected chi connectivity index (χ4v) is 5.06. The van der Waals surface area contributed by atoms with Gasteiger partial charge in [-0.05, 0) is 48.5 Å². The molecule has 1 heterocycles. The lowest BCUT2D eigenvalue weighted by molar-refractivity contribution is 0.0531. The molecule has 0 atom stereocenters. The largest absolute Gasteiger partial charge is 0.462 e. The van der Waals surface area contributed by atoms with E-state index < -0.39 is 5.97 Å². The lowest BCUT2D eigenvalue weighted by atomic mass is 9.89. The fourth-order valence-electron chi connectivity index (χ4n) is 3.58. The summed E-state index contributed by atoms with van der Waals surface area (Å²) in [4.78, 5) is 44.0. The van der Waals surface area contributed by atoms with E-state index in [9.17, 15) is 14.4 Å². The van der Waals surface area contributed by atoms with Crippen molar-refractivity contribution in [3.05, 3.63) is 96.9 Å². The number of carbonyl (C=O) groups excluding carboxylic acids is 3. The Morgan fingerprint density at radius 1 is 0.971 bits per heavy atom. The second-order valence-corrected chi connectivity index (χ2v) is 10.4. The number of hydrogen-bond acceptors (Lipinski definition) is 6. The number of carbonyl (C=O) groups is 3. The number of nitrogens with zero attached hydrogens (tertiary/aromatic N) is 1. The summed E-state index contributed by atoms with van der Waals surface area (Å²) < 4.78 is 6.98. The molecule has 0 radical (unpaired) electrons. The predicted molar refractivity (Wildman–Crippen MR) is 140 cm³/mol. The Bertz CT molecular complexity index is 1340.